The van der Waals surface area contributed by atoms with Crippen molar-refractivity contribution in [1.82, 2.24) is 0 Å². The second-order valence-corrected chi connectivity index (χ2v) is 3.43. The van der Waals surface area contributed by atoms with Gasteiger partial charge >= 0.3 is 0 Å². The smallest absolute Gasteiger partial charge is 0.124 e. The zero-order chi connectivity index (χ0) is 10.4. The van der Waals surface area contributed by atoms with Crippen LogP contribution in [0.1, 0.15) is 30.9 Å². The number of carbonyl (C=O) groups excluding carboxylic acids is 1. The van der Waals surface area contributed by atoms with E-state index in [-0.39, 0.29) is 5.75 Å². The van der Waals surface area contributed by atoms with Gasteiger partial charge in [-0.15, -0.1) is 0 Å². The fourth-order valence-electron chi connectivity index (χ4n) is 1.50. The van der Waals surface area contributed by atoms with Gasteiger partial charge in [-0.2, -0.15) is 0 Å². The second kappa shape index (κ2) is 5.43. The molecule has 2 nitrogen and oxygen atoms in total. The number of benzene rings is 1. The summed E-state index contributed by atoms with van der Waals surface area (Å²) >= 11 is 0. The first kappa shape index (κ1) is 10.8. The number of unbranched alkanes of at least 4 members (excludes halogenated alkanes) is 1. The molecular weight excluding hydrogens is 176 g/mol. The highest BCUT2D eigenvalue weighted by Gasteiger charge is 2.02. The fraction of sp³-hybridized carbons (Fsp3) is 0.417. The van der Waals surface area contributed by atoms with Crippen LogP contribution < -0.4 is 0 Å². The Bertz CT molecular complexity index is 305. The molecule has 0 aromatic heterocycles. The van der Waals surface area contributed by atoms with Gasteiger partial charge in [0.05, 0.1) is 0 Å². The minimum atomic E-state index is 0.238. The molecule has 0 aliphatic heterocycles. The van der Waals surface area contributed by atoms with E-state index in [1.54, 1.807) is 12.1 Å². The lowest BCUT2D eigenvalue weighted by atomic mass is 10.00. The van der Waals surface area contributed by atoms with Crippen molar-refractivity contribution in [2.24, 2.45) is 0 Å². The van der Waals surface area contributed by atoms with Crippen molar-refractivity contribution in [3.05, 3.63) is 29.3 Å². The summed E-state index contributed by atoms with van der Waals surface area (Å²) in [7, 11) is 0. The largest absolute Gasteiger partial charge is 0.508 e. The van der Waals surface area contributed by atoms with Crippen LogP contribution in [-0.4, -0.2) is 11.4 Å². The molecule has 2 heteroatoms. The van der Waals surface area contributed by atoms with E-state index in [0.717, 1.165) is 31.1 Å². The van der Waals surface area contributed by atoms with Crippen LogP contribution in [0, 0.1) is 0 Å². The summed E-state index contributed by atoms with van der Waals surface area (Å²) in [4.78, 5) is 10.4. The number of phenolic OH excluding ortho intramolecular Hbond substituents is 1. The van der Waals surface area contributed by atoms with Crippen molar-refractivity contribution in [2.45, 2.75) is 32.6 Å². The van der Waals surface area contributed by atoms with Gasteiger partial charge in [-0.3, -0.25) is 0 Å². The number of phenols is 1. The number of aryl methyl sites for hydroxylation is 1. The van der Waals surface area contributed by atoms with Crippen molar-refractivity contribution in [3.8, 4) is 5.75 Å². The Morgan fingerprint density at radius 2 is 2.14 bits per heavy atom. The first-order chi connectivity index (χ1) is 6.77. The molecule has 0 bridgehead atoms. The van der Waals surface area contributed by atoms with Gasteiger partial charge in [0.15, 0.2) is 0 Å². The molecule has 0 unspecified atom stereocenters. The van der Waals surface area contributed by atoms with Gasteiger partial charge in [-0.25, -0.2) is 0 Å². The molecule has 0 saturated carbocycles. The van der Waals surface area contributed by atoms with Gasteiger partial charge in [0, 0.05) is 6.42 Å². The molecule has 0 heterocycles. The molecule has 0 aliphatic rings. The van der Waals surface area contributed by atoms with E-state index in [4.69, 9.17) is 0 Å². The van der Waals surface area contributed by atoms with Crippen LogP contribution in [0.25, 0.3) is 0 Å². The summed E-state index contributed by atoms with van der Waals surface area (Å²) in [6.07, 6.45) is 4.52. The average Bonchev–Trinajstić information content (AvgIpc) is 2.17. The fourth-order valence-corrected chi connectivity index (χ4v) is 1.50. The Morgan fingerprint density at radius 3 is 2.79 bits per heavy atom. The molecule has 0 fully saturated rings. The minimum absolute atomic E-state index is 0.238. The molecule has 0 atom stereocenters. The highest BCUT2D eigenvalue weighted by Crippen LogP contribution is 2.18. The Morgan fingerprint density at radius 1 is 1.36 bits per heavy atom. The topological polar surface area (TPSA) is 37.3 Å². The van der Waals surface area contributed by atoms with Crippen LogP contribution in [-0.2, 0) is 17.6 Å². The number of carbonyl (C=O) groups is 1. The van der Waals surface area contributed by atoms with Crippen LogP contribution >= 0.6 is 0 Å². The van der Waals surface area contributed by atoms with Crippen molar-refractivity contribution >= 4 is 6.29 Å². The molecule has 0 amide bonds. The Hall–Kier alpha value is -1.31. The van der Waals surface area contributed by atoms with E-state index in [2.05, 4.69) is 6.92 Å². The third-order valence-corrected chi connectivity index (χ3v) is 2.29. The molecule has 76 valence electrons. The number of hydrogen-bond donors (Lipinski definition) is 1. The SMILES string of the molecule is CCCCc1ccc(O)cc1CC=O. The predicted molar refractivity (Wildman–Crippen MR) is 56.5 cm³/mol. The molecule has 1 aromatic carbocycles. The first-order valence-corrected chi connectivity index (χ1v) is 5.02. The summed E-state index contributed by atoms with van der Waals surface area (Å²) in [5.41, 5.74) is 2.13. The summed E-state index contributed by atoms with van der Waals surface area (Å²) in [6, 6.07) is 5.27. The van der Waals surface area contributed by atoms with Gasteiger partial charge in [0.2, 0.25) is 0 Å². The highest BCUT2D eigenvalue weighted by atomic mass is 16.3. The Balaban J connectivity index is 2.83. The lowest BCUT2D eigenvalue weighted by Gasteiger charge is -2.06. The maximum atomic E-state index is 10.4. The molecule has 14 heavy (non-hydrogen) atoms. The quantitative estimate of drug-likeness (QED) is 0.728. The van der Waals surface area contributed by atoms with E-state index < -0.39 is 0 Å². The van der Waals surface area contributed by atoms with Gasteiger partial charge in [-0.05, 0) is 36.1 Å². The highest BCUT2D eigenvalue weighted by molar-refractivity contribution is 5.57. The van der Waals surface area contributed by atoms with E-state index >= 15 is 0 Å². The number of aldehydes is 1. The molecule has 0 saturated heterocycles. The number of aromatic hydroxyl groups is 1. The van der Waals surface area contributed by atoms with E-state index in [1.165, 1.54) is 5.56 Å². The van der Waals surface area contributed by atoms with Crippen molar-refractivity contribution in [1.29, 1.82) is 0 Å². The third-order valence-electron chi connectivity index (χ3n) is 2.29. The van der Waals surface area contributed by atoms with Crippen LogP contribution in [0.4, 0.5) is 0 Å². The summed E-state index contributed by atoms with van der Waals surface area (Å²) in [5.74, 6) is 0.238. The first-order valence-electron chi connectivity index (χ1n) is 5.02. The predicted octanol–water partition coefficient (Wildman–Crippen LogP) is 2.48. The Kier molecular flexibility index (Phi) is 4.17. The van der Waals surface area contributed by atoms with E-state index in [1.807, 2.05) is 6.07 Å². The lowest BCUT2D eigenvalue weighted by Crippen LogP contribution is -1.95. The summed E-state index contributed by atoms with van der Waals surface area (Å²) < 4.78 is 0. The van der Waals surface area contributed by atoms with Crippen LogP contribution in [0.5, 0.6) is 5.75 Å². The molecule has 0 aliphatic carbocycles. The molecule has 0 radical (unpaired) electrons. The lowest BCUT2D eigenvalue weighted by molar-refractivity contribution is -0.107. The zero-order valence-electron chi connectivity index (χ0n) is 8.49. The zero-order valence-corrected chi connectivity index (χ0v) is 8.49. The summed E-state index contributed by atoms with van der Waals surface area (Å²) in [6.45, 7) is 2.14. The van der Waals surface area contributed by atoms with Crippen molar-refractivity contribution < 1.29 is 9.90 Å². The molecular formula is C12H16O2. The third kappa shape index (κ3) is 2.87. The normalized spacial score (nSPS) is 10.1. The van der Waals surface area contributed by atoms with E-state index in [9.17, 15) is 9.90 Å². The van der Waals surface area contributed by atoms with Gasteiger partial charge in [-0.1, -0.05) is 19.4 Å². The van der Waals surface area contributed by atoms with Gasteiger partial charge in [0.25, 0.3) is 0 Å². The number of rotatable bonds is 5. The minimum Gasteiger partial charge on any atom is -0.508 e. The number of hydrogen-bond acceptors (Lipinski definition) is 2. The molecule has 0 spiro atoms. The maximum Gasteiger partial charge on any atom is 0.124 e. The standard InChI is InChI=1S/C12H16O2/c1-2-3-4-10-5-6-12(14)9-11(10)7-8-13/h5-6,8-9,14H,2-4,7H2,1H3. The van der Waals surface area contributed by atoms with Crippen LogP contribution in [0.2, 0.25) is 0 Å². The van der Waals surface area contributed by atoms with E-state index in [0.29, 0.717) is 6.42 Å². The van der Waals surface area contributed by atoms with Crippen LogP contribution in [0.15, 0.2) is 18.2 Å². The molecule has 1 N–H and O–H groups in total. The monoisotopic (exact) mass is 192 g/mol. The Labute approximate surface area is 84.6 Å². The average molecular weight is 192 g/mol. The second-order valence-electron chi connectivity index (χ2n) is 3.43. The van der Waals surface area contributed by atoms with Crippen LogP contribution in [0.3, 0.4) is 0 Å². The van der Waals surface area contributed by atoms with Gasteiger partial charge < -0.3 is 9.90 Å². The maximum absolute atomic E-state index is 10.4. The molecule has 1 aromatic rings. The van der Waals surface area contributed by atoms with Crippen molar-refractivity contribution in [3.63, 3.8) is 0 Å². The summed E-state index contributed by atoms with van der Waals surface area (Å²) in [5, 5.41) is 9.27. The van der Waals surface area contributed by atoms with Gasteiger partial charge in [0.1, 0.15) is 12.0 Å². The van der Waals surface area contributed by atoms with Crippen molar-refractivity contribution in [2.75, 3.05) is 0 Å². The molecule has 1 rings (SSSR count).